The van der Waals surface area contributed by atoms with Crippen molar-refractivity contribution in [2.24, 2.45) is 0 Å². The van der Waals surface area contributed by atoms with Gasteiger partial charge in [-0.25, -0.2) is 0 Å². The molecule has 1 aromatic carbocycles. The molecule has 0 heterocycles. The molecule has 1 aromatic rings. The molecule has 0 aliphatic carbocycles. The van der Waals surface area contributed by atoms with Crippen molar-refractivity contribution in [3.05, 3.63) is 34.9 Å². The average Bonchev–Trinajstić information content (AvgIpc) is 2.36. The minimum atomic E-state index is -0.998. The summed E-state index contributed by atoms with van der Waals surface area (Å²) in [6.45, 7) is 4.52. The molecule has 110 valence electrons. The van der Waals surface area contributed by atoms with Gasteiger partial charge in [0.05, 0.1) is 0 Å². The molecule has 5 nitrogen and oxygen atoms in total. The van der Waals surface area contributed by atoms with Crippen molar-refractivity contribution in [3.63, 3.8) is 0 Å². The molecular formula is C15H22N2O3. The second-order valence-corrected chi connectivity index (χ2v) is 5.24. The van der Waals surface area contributed by atoms with E-state index < -0.39 is 5.97 Å². The van der Waals surface area contributed by atoms with Crippen LogP contribution in [-0.4, -0.2) is 60.5 Å². The maximum Gasteiger partial charge on any atom is 0.323 e. The van der Waals surface area contributed by atoms with E-state index in [0.717, 1.165) is 11.1 Å². The fourth-order valence-corrected chi connectivity index (χ4v) is 1.87. The Morgan fingerprint density at radius 2 is 1.80 bits per heavy atom. The standard InChI is InChI=1S/C15H22N2O3/c1-11-5-6-12(2)13(9-11)15(20)17(10-14(18)19)8-7-16(3)4/h5-6,9H,7-8,10H2,1-4H3,(H,18,19). The number of likely N-dealkylation sites (N-methyl/N-ethyl adjacent to an activating group) is 1. The number of carboxylic acids is 1. The van der Waals surface area contributed by atoms with Crippen molar-refractivity contribution in [1.29, 1.82) is 0 Å². The molecule has 0 atom stereocenters. The van der Waals surface area contributed by atoms with Gasteiger partial charge in [0.25, 0.3) is 5.91 Å². The summed E-state index contributed by atoms with van der Waals surface area (Å²) in [5.41, 5.74) is 2.42. The van der Waals surface area contributed by atoms with Crippen LogP contribution in [0.3, 0.4) is 0 Å². The molecule has 0 aliphatic heterocycles. The SMILES string of the molecule is Cc1ccc(C)c(C(=O)N(CCN(C)C)CC(=O)O)c1. The molecule has 1 rings (SSSR count). The van der Waals surface area contributed by atoms with E-state index in [0.29, 0.717) is 18.7 Å². The fraction of sp³-hybridized carbons (Fsp3) is 0.467. The number of aliphatic carboxylic acids is 1. The predicted molar refractivity (Wildman–Crippen MR) is 78.0 cm³/mol. The molecule has 0 aliphatic rings. The van der Waals surface area contributed by atoms with Crippen molar-refractivity contribution in [3.8, 4) is 0 Å². The van der Waals surface area contributed by atoms with Gasteiger partial charge in [0.2, 0.25) is 0 Å². The molecule has 1 amide bonds. The van der Waals surface area contributed by atoms with Crippen LogP contribution in [0.15, 0.2) is 18.2 Å². The number of amides is 1. The summed E-state index contributed by atoms with van der Waals surface area (Å²) >= 11 is 0. The van der Waals surface area contributed by atoms with E-state index in [1.165, 1.54) is 4.90 Å². The normalized spacial score (nSPS) is 10.7. The zero-order valence-electron chi connectivity index (χ0n) is 12.5. The molecule has 20 heavy (non-hydrogen) atoms. The van der Waals surface area contributed by atoms with E-state index in [1.54, 1.807) is 0 Å². The van der Waals surface area contributed by atoms with Gasteiger partial charge in [0.15, 0.2) is 0 Å². The monoisotopic (exact) mass is 278 g/mol. The second kappa shape index (κ2) is 7.05. The van der Waals surface area contributed by atoms with Gasteiger partial charge in [-0.3, -0.25) is 9.59 Å². The number of rotatable bonds is 6. The van der Waals surface area contributed by atoms with Crippen LogP contribution in [0.2, 0.25) is 0 Å². The third-order valence-electron chi connectivity index (χ3n) is 3.05. The quantitative estimate of drug-likeness (QED) is 0.854. The lowest BCUT2D eigenvalue weighted by atomic mass is 10.0. The number of carbonyl (C=O) groups is 2. The van der Waals surface area contributed by atoms with Gasteiger partial charge in [0, 0.05) is 18.7 Å². The summed E-state index contributed by atoms with van der Waals surface area (Å²) in [6, 6.07) is 5.63. The number of carboxylic acid groups (broad SMARTS) is 1. The Labute approximate surface area is 119 Å². The van der Waals surface area contributed by atoms with Gasteiger partial charge in [0.1, 0.15) is 6.54 Å². The van der Waals surface area contributed by atoms with Crippen molar-refractivity contribution < 1.29 is 14.7 Å². The fourth-order valence-electron chi connectivity index (χ4n) is 1.87. The van der Waals surface area contributed by atoms with E-state index >= 15 is 0 Å². The largest absolute Gasteiger partial charge is 0.480 e. The van der Waals surface area contributed by atoms with E-state index in [4.69, 9.17) is 5.11 Å². The van der Waals surface area contributed by atoms with Crippen molar-refractivity contribution in [2.45, 2.75) is 13.8 Å². The van der Waals surface area contributed by atoms with Gasteiger partial charge in [-0.2, -0.15) is 0 Å². The van der Waals surface area contributed by atoms with Gasteiger partial charge in [-0.15, -0.1) is 0 Å². The highest BCUT2D eigenvalue weighted by atomic mass is 16.4. The zero-order valence-corrected chi connectivity index (χ0v) is 12.5. The van der Waals surface area contributed by atoms with Gasteiger partial charge < -0.3 is 14.9 Å². The van der Waals surface area contributed by atoms with E-state index in [9.17, 15) is 9.59 Å². The molecule has 5 heteroatoms. The Morgan fingerprint density at radius 3 is 2.35 bits per heavy atom. The smallest absolute Gasteiger partial charge is 0.323 e. The van der Waals surface area contributed by atoms with Gasteiger partial charge >= 0.3 is 5.97 Å². The zero-order chi connectivity index (χ0) is 15.3. The number of hydrogen-bond acceptors (Lipinski definition) is 3. The summed E-state index contributed by atoms with van der Waals surface area (Å²) < 4.78 is 0. The molecule has 0 spiro atoms. The van der Waals surface area contributed by atoms with Crippen molar-refractivity contribution in [1.82, 2.24) is 9.80 Å². The summed E-state index contributed by atoms with van der Waals surface area (Å²) in [5, 5.41) is 8.96. The lowest BCUT2D eigenvalue weighted by molar-refractivity contribution is -0.137. The first-order chi connectivity index (χ1) is 9.31. The van der Waals surface area contributed by atoms with Crippen LogP contribution >= 0.6 is 0 Å². The molecule has 0 aromatic heterocycles. The van der Waals surface area contributed by atoms with Crippen LogP contribution in [0.25, 0.3) is 0 Å². The van der Waals surface area contributed by atoms with E-state index in [2.05, 4.69) is 0 Å². The minimum absolute atomic E-state index is 0.226. The molecule has 0 fully saturated rings. The van der Waals surface area contributed by atoms with Crippen LogP contribution in [-0.2, 0) is 4.79 Å². The number of aryl methyl sites for hydroxylation is 2. The topological polar surface area (TPSA) is 60.9 Å². The van der Waals surface area contributed by atoms with E-state index in [1.807, 2.05) is 51.0 Å². The predicted octanol–water partition coefficient (Wildman–Crippen LogP) is 1.39. The van der Waals surface area contributed by atoms with Gasteiger partial charge in [-0.05, 0) is 39.6 Å². The minimum Gasteiger partial charge on any atom is -0.480 e. The Bertz CT molecular complexity index is 498. The third-order valence-corrected chi connectivity index (χ3v) is 3.05. The van der Waals surface area contributed by atoms with Gasteiger partial charge in [-0.1, -0.05) is 17.7 Å². The number of benzene rings is 1. The number of carbonyl (C=O) groups excluding carboxylic acids is 1. The Hall–Kier alpha value is -1.88. The molecule has 0 saturated heterocycles. The molecule has 0 saturated carbocycles. The van der Waals surface area contributed by atoms with Crippen LogP contribution in [0, 0.1) is 13.8 Å². The molecule has 0 unspecified atom stereocenters. The third kappa shape index (κ3) is 4.66. The molecule has 0 bridgehead atoms. The number of nitrogens with zero attached hydrogens (tertiary/aromatic N) is 2. The lowest BCUT2D eigenvalue weighted by Gasteiger charge is -2.23. The van der Waals surface area contributed by atoms with Crippen LogP contribution < -0.4 is 0 Å². The molecule has 0 radical (unpaired) electrons. The Balaban J connectivity index is 2.96. The van der Waals surface area contributed by atoms with E-state index in [-0.39, 0.29) is 12.5 Å². The van der Waals surface area contributed by atoms with Crippen molar-refractivity contribution in [2.75, 3.05) is 33.7 Å². The highest BCUT2D eigenvalue weighted by molar-refractivity contribution is 5.97. The maximum atomic E-state index is 12.5. The summed E-state index contributed by atoms with van der Waals surface area (Å²) in [4.78, 5) is 26.7. The lowest BCUT2D eigenvalue weighted by Crippen LogP contribution is -2.40. The summed E-state index contributed by atoms with van der Waals surface area (Å²) in [6.07, 6.45) is 0. The first-order valence-electron chi connectivity index (χ1n) is 6.54. The first kappa shape index (κ1) is 16.2. The molecule has 1 N–H and O–H groups in total. The Morgan fingerprint density at radius 1 is 1.15 bits per heavy atom. The Kier molecular flexibility index (Phi) is 5.70. The highest BCUT2D eigenvalue weighted by Crippen LogP contribution is 2.13. The van der Waals surface area contributed by atoms with Crippen LogP contribution in [0.5, 0.6) is 0 Å². The highest BCUT2D eigenvalue weighted by Gasteiger charge is 2.20. The first-order valence-corrected chi connectivity index (χ1v) is 6.54. The van der Waals surface area contributed by atoms with Crippen LogP contribution in [0.1, 0.15) is 21.5 Å². The van der Waals surface area contributed by atoms with Crippen molar-refractivity contribution >= 4 is 11.9 Å². The number of hydrogen-bond donors (Lipinski definition) is 1. The summed E-state index contributed by atoms with van der Waals surface area (Å²) in [7, 11) is 3.78. The van der Waals surface area contributed by atoms with Crippen LogP contribution in [0.4, 0.5) is 0 Å². The maximum absolute atomic E-state index is 12.5. The molecular weight excluding hydrogens is 256 g/mol. The average molecular weight is 278 g/mol. The summed E-state index contributed by atoms with van der Waals surface area (Å²) in [5.74, 6) is -1.22. The second-order valence-electron chi connectivity index (χ2n) is 5.24.